The first kappa shape index (κ1) is 28.5. The summed E-state index contributed by atoms with van der Waals surface area (Å²) in [5.41, 5.74) is 4.62. The molecule has 0 spiro atoms. The van der Waals surface area contributed by atoms with Crippen LogP contribution < -0.4 is 15.8 Å². The van der Waals surface area contributed by atoms with Gasteiger partial charge in [-0.05, 0) is 31.2 Å². The molecule has 1 aliphatic rings. The lowest BCUT2D eigenvalue weighted by Gasteiger charge is -2.33. The normalized spacial score (nSPS) is 15.9. The Labute approximate surface area is 231 Å². The van der Waals surface area contributed by atoms with Crippen molar-refractivity contribution >= 4 is 48.2 Å². The molecule has 39 heavy (non-hydrogen) atoms. The number of anilines is 2. The fraction of sp³-hybridized carbons (Fsp3) is 0.407. The average Bonchev–Trinajstić information content (AvgIpc) is 2.85. The Balaban J connectivity index is 1.88. The molecule has 206 valence electrons. The van der Waals surface area contributed by atoms with Crippen molar-refractivity contribution in [3.63, 3.8) is 0 Å². The number of aromatic nitrogens is 3. The van der Waals surface area contributed by atoms with Crippen LogP contribution in [-0.2, 0) is 7.05 Å². The molecular weight excluding hydrogens is 544 g/mol. The molecule has 0 radical (unpaired) electrons. The van der Waals surface area contributed by atoms with Gasteiger partial charge in [-0.25, -0.2) is 23.5 Å². The maximum atomic E-state index is 13.8. The molecule has 1 atom stereocenters. The van der Waals surface area contributed by atoms with E-state index in [-0.39, 0.29) is 48.0 Å². The van der Waals surface area contributed by atoms with Crippen LogP contribution >= 0.6 is 11.6 Å². The summed E-state index contributed by atoms with van der Waals surface area (Å²) < 4.78 is 29.0. The fourth-order valence-electron chi connectivity index (χ4n) is 4.40. The van der Waals surface area contributed by atoms with Gasteiger partial charge in [0.15, 0.2) is 5.69 Å². The van der Waals surface area contributed by atoms with E-state index in [9.17, 15) is 23.5 Å². The molecule has 3 aromatic rings. The molecule has 12 heteroatoms. The van der Waals surface area contributed by atoms with E-state index < -0.39 is 26.0 Å². The molecule has 1 unspecified atom stereocenters. The van der Waals surface area contributed by atoms with Gasteiger partial charge in [0.1, 0.15) is 13.2 Å². The van der Waals surface area contributed by atoms with Gasteiger partial charge in [0.2, 0.25) is 5.95 Å². The Morgan fingerprint density at radius 3 is 2.49 bits per heavy atom. The second kappa shape index (κ2) is 10.6. The highest BCUT2D eigenvalue weighted by Crippen LogP contribution is 2.32. The number of carboxylic acids is 1. The highest BCUT2D eigenvalue weighted by molar-refractivity contribution is 6.83. The standard InChI is InChI=1S/C27H30ClF2N5O3Si/c1-16(31-20-6-7-21(28)32-23(20)25(37)38)18-14-17(8-13-39(3,4)5)15-19-22(18)33-26(34(2)24(19)36)35-11-9-27(29,30)10-12-35/h6-7,14-16,31H,9-12H2,1-5H3,(H,37,38). The van der Waals surface area contributed by atoms with Crippen molar-refractivity contribution in [3.8, 4) is 11.5 Å². The Morgan fingerprint density at radius 1 is 1.21 bits per heavy atom. The first-order chi connectivity index (χ1) is 18.1. The molecule has 0 amide bonds. The summed E-state index contributed by atoms with van der Waals surface area (Å²) in [7, 11) is -0.156. The number of halogens is 3. The van der Waals surface area contributed by atoms with Gasteiger partial charge < -0.3 is 15.3 Å². The van der Waals surface area contributed by atoms with Crippen molar-refractivity contribution in [2.24, 2.45) is 7.05 Å². The lowest BCUT2D eigenvalue weighted by Crippen LogP contribution is -2.42. The summed E-state index contributed by atoms with van der Waals surface area (Å²) >= 11 is 5.91. The van der Waals surface area contributed by atoms with E-state index in [1.165, 1.54) is 16.7 Å². The van der Waals surface area contributed by atoms with Crippen LogP contribution in [0.15, 0.2) is 29.1 Å². The lowest BCUT2D eigenvalue weighted by molar-refractivity contribution is -0.0223. The third-order valence-corrected chi connectivity index (χ3v) is 7.53. The largest absolute Gasteiger partial charge is 0.476 e. The van der Waals surface area contributed by atoms with Crippen molar-refractivity contribution in [1.82, 2.24) is 14.5 Å². The number of alkyl halides is 2. The molecule has 3 heterocycles. The Bertz CT molecular complexity index is 1570. The minimum atomic E-state index is -2.74. The minimum Gasteiger partial charge on any atom is -0.476 e. The molecule has 8 nitrogen and oxygen atoms in total. The molecule has 1 saturated heterocycles. The summed E-state index contributed by atoms with van der Waals surface area (Å²) in [6.07, 6.45) is -0.642. The smallest absolute Gasteiger partial charge is 0.356 e. The Hall–Kier alpha value is -3.49. The number of piperidine rings is 1. The zero-order valence-corrected chi connectivity index (χ0v) is 24.2. The second-order valence-electron chi connectivity index (χ2n) is 10.8. The van der Waals surface area contributed by atoms with Gasteiger partial charge in [-0.3, -0.25) is 9.36 Å². The zero-order chi connectivity index (χ0) is 28.7. The van der Waals surface area contributed by atoms with Crippen LogP contribution in [-0.4, -0.2) is 52.7 Å². The van der Waals surface area contributed by atoms with Gasteiger partial charge >= 0.3 is 5.97 Å². The minimum absolute atomic E-state index is 0.0431. The van der Waals surface area contributed by atoms with E-state index in [1.807, 2.05) is 13.0 Å². The number of fused-ring (bicyclic) bond motifs is 1. The predicted molar refractivity (Wildman–Crippen MR) is 152 cm³/mol. The maximum Gasteiger partial charge on any atom is 0.356 e. The van der Waals surface area contributed by atoms with Crippen LogP contribution in [0.4, 0.5) is 20.4 Å². The summed E-state index contributed by atoms with van der Waals surface area (Å²) in [6.45, 7) is 8.29. The van der Waals surface area contributed by atoms with E-state index in [0.29, 0.717) is 28.0 Å². The van der Waals surface area contributed by atoms with Crippen LogP contribution in [0, 0.1) is 11.5 Å². The van der Waals surface area contributed by atoms with E-state index in [1.54, 1.807) is 18.0 Å². The third kappa shape index (κ3) is 6.40. The van der Waals surface area contributed by atoms with Gasteiger partial charge in [-0.15, -0.1) is 5.54 Å². The van der Waals surface area contributed by atoms with Crippen LogP contribution in [0.5, 0.6) is 0 Å². The van der Waals surface area contributed by atoms with Gasteiger partial charge in [0, 0.05) is 44.1 Å². The number of carboxylic acid groups (broad SMARTS) is 1. The number of hydrogen-bond acceptors (Lipinski definition) is 6. The number of rotatable bonds is 5. The topological polar surface area (TPSA) is 100 Å². The Morgan fingerprint density at radius 2 is 1.87 bits per heavy atom. The van der Waals surface area contributed by atoms with E-state index >= 15 is 0 Å². The third-order valence-electron chi connectivity index (χ3n) is 6.45. The monoisotopic (exact) mass is 573 g/mol. The van der Waals surface area contributed by atoms with Crippen LogP contribution in [0.25, 0.3) is 10.9 Å². The number of pyridine rings is 1. The first-order valence-electron chi connectivity index (χ1n) is 12.5. The van der Waals surface area contributed by atoms with Crippen molar-refractivity contribution in [2.75, 3.05) is 23.3 Å². The van der Waals surface area contributed by atoms with Crippen molar-refractivity contribution < 1.29 is 18.7 Å². The number of aromatic carboxylic acids is 1. The van der Waals surface area contributed by atoms with Crippen molar-refractivity contribution in [2.45, 2.75) is 51.4 Å². The van der Waals surface area contributed by atoms with Gasteiger partial charge in [-0.2, -0.15) is 0 Å². The highest BCUT2D eigenvalue weighted by Gasteiger charge is 2.35. The Kier molecular flexibility index (Phi) is 7.74. The SMILES string of the molecule is CC(Nc1ccc(Cl)nc1C(=O)O)c1cc(C#C[Si](C)(C)C)cc2c(=O)n(C)c(N3CCC(F)(F)CC3)nc12. The molecule has 2 aromatic heterocycles. The van der Waals surface area contributed by atoms with Crippen LogP contribution in [0.2, 0.25) is 24.8 Å². The second-order valence-corrected chi connectivity index (χ2v) is 15.9. The fourth-order valence-corrected chi connectivity index (χ4v) is 5.06. The van der Waals surface area contributed by atoms with Gasteiger partial charge in [-0.1, -0.05) is 37.2 Å². The summed E-state index contributed by atoms with van der Waals surface area (Å²) in [4.78, 5) is 35.8. The highest BCUT2D eigenvalue weighted by atomic mass is 35.5. The number of nitrogens with zero attached hydrogens (tertiary/aromatic N) is 4. The molecule has 1 aromatic carbocycles. The molecule has 1 aliphatic heterocycles. The summed E-state index contributed by atoms with van der Waals surface area (Å²) in [6, 6.07) is 6.01. The first-order valence-corrected chi connectivity index (χ1v) is 16.4. The number of carbonyl (C=O) groups is 1. The van der Waals surface area contributed by atoms with E-state index in [4.69, 9.17) is 16.6 Å². The number of nitrogens with one attached hydrogen (secondary N) is 1. The molecule has 0 aliphatic carbocycles. The number of hydrogen-bond donors (Lipinski definition) is 2. The quantitative estimate of drug-likeness (QED) is 0.242. The summed E-state index contributed by atoms with van der Waals surface area (Å²) in [5.74, 6) is -0.490. The molecule has 2 N–H and O–H groups in total. The average molecular weight is 574 g/mol. The van der Waals surface area contributed by atoms with Crippen molar-refractivity contribution in [3.05, 3.63) is 56.6 Å². The van der Waals surface area contributed by atoms with Gasteiger partial charge in [0.05, 0.1) is 22.6 Å². The van der Waals surface area contributed by atoms with Crippen LogP contribution in [0.3, 0.4) is 0 Å². The molecular formula is C27H30ClF2N5O3Si. The molecule has 0 bridgehead atoms. The van der Waals surface area contributed by atoms with E-state index in [2.05, 4.69) is 41.4 Å². The van der Waals surface area contributed by atoms with E-state index in [0.717, 1.165) is 0 Å². The van der Waals surface area contributed by atoms with Crippen LogP contribution in [0.1, 0.15) is 47.4 Å². The van der Waals surface area contributed by atoms with Gasteiger partial charge in [0.25, 0.3) is 11.5 Å². The molecule has 0 saturated carbocycles. The number of benzene rings is 1. The molecule has 1 fully saturated rings. The predicted octanol–water partition coefficient (Wildman–Crippen LogP) is 5.32. The maximum absolute atomic E-state index is 13.8. The zero-order valence-electron chi connectivity index (χ0n) is 22.4. The molecule has 4 rings (SSSR count). The van der Waals surface area contributed by atoms with Crippen molar-refractivity contribution in [1.29, 1.82) is 0 Å². The summed E-state index contributed by atoms with van der Waals surface area (Å²) in [5, 5.41) is 13.2. The lowest BCUT2D eigenvalue weighted by atomic mass is 10.0.